The zero-order valence-corrected chi connectivity index (χ0v) is 11.7. The molecule has 0 unspecified atom stereocenters. The van der Waals surface area contributed by atoms with Gasteiger partial charge in [0.1, 0.15) is 11.4 Å². The van der Waals surface area contributed by atoms with Crippen LogP contribution in [-0.2, 0) is 13.0 Å². The molecule has 1 aromatic carbocycles. The van der Waals surface area contributed by atoms with Crippen molar-refractivity contribution in [1.29, 1.82) is 0 Å². The van der Waals surface area contributed by atoms with Crippen molar-refractivity contribution in [2.24, 2.45) is 5.84 Å². The molecule has 3 N–H and O–H groups in total. The maximum Gasteiger partial charge on any atom is 0.301 e. The van der Waals surface area contributed by atoms with Gasteiger partial charge in [-0.2, -0.15) is 0 Å². The number of hydrazine groups is 1. The van der Waals surface area contributed by atoms with Gasteiger partial charge in [0.25, 0.3) is 0 Å². The molecule has 0 radical (unpaired) electrons. The summed E-state index contributed by atoms with van der Waals surface area (Å²) in [7, 11) is 0. The van der Waals surface area contributed by atoms with E-state index >= 15 is 0 Å². The molecule has 3 rings (SSSR count). The van der Waals surface area contributed by atoms with Gasteiger partial charge in [0.05, 0.1) is 6.54 Å². The average Bonchev–Trinajstić information content (AvgIpc) is 3.11. The predicted octanol–water partition coefficient (Wildman–Crippen LogP) is 1.84. The number of nitrogens with two attached hydrogens (primary N) is 1. The van der Waals surface area contributed by atoms with E-state index < -0.39 is 5.91 Å². The summed E-state index contributed by atoms with van der Waals surface area (Å²) in [6, 6.07) is 7.55. The second-order valence-corrected chi connectivity index (χ2v) is 4.70. The number of fused-ring (bicyclic) bond motifs is 1. The van der Waals surface area contributed by atoms with Crippen LogP contribution in [-0.4, -0.2) is 15.5 Å². The quantitative estimate of drug-likeness (QED) is 0.435. The minimum absolute atomic E-state index is 0.245. The van der Waals surface area contributed by atoms with Crippen molar-refractivity contribution in [3.05, 3.63) is 53.8 Å². The second kappa shape index (κ2) is 5.41. The van der Waals surface area contributed by atoms with Crippen molar-refractivity contribution in [2.75, 3.05) is 0 Å². The Morgan fingerprint density at radius 2 is 2.24 bits per heavy atom. The van der Waals surface area contributed by atoms with Crippen LogP contribution in [0.5, 0.6) is 0 Å². The average molecular weight is 284 g/mol. The number of carbonyl (C=O) groups excluding carboxylic acids is 1. The van der Waals surface area contributed by atoms with E-state index in [1.807, 2.05) is 42.0 Å². The molecular formula is C15H16N4O2. The normalized spacial score (nSPS) is 11.0. The van der Waals surface area contributed by atoms with E-state index in [1.165, 1.54) is 0 Å². The van der Waals surface area contributed by atoms with Gasteiger partial charge in [-0.25, -0.2) is 10.8 Å². The van der Waals surface area contributed by atoms with Crippen LogP contribution in [0.2, 0.25) is 0 Å². The zero-order chi connectivity index (χ0) is 14.8. The SMILES string of the molecule is CCc1nccn1Cc1c(C(=O)NN)oc2ccccc12. The van der Waals surface area contributed by atoms with Gasteiger partial charge in [0.15, 0.2) is 5.76 Å². The Bertz CT molecular complexity index is 788. The summed E-state index contributed by atoms with van der Waals surface area (Å²) in [6.45, 7) is 2.56. The number of imidazole rings is 1. The van der Waals surface area contributed by atoms with Crippen LogP contribution >= 0.6 is 0 Å². The molecule has 0 spiro atoms. The highest BCUT2D eigenvalue weighted by Gasteiger charge is 2.20. The van der Waals surface area contributed by atoms with Gasteiger partial charge in [0.2, 0.25) is 0 Å². The molecule has 0 aliphatic carbocycles. The first-order valence-corrected chi connectivity index (χ1v) is 6.76. The van der Waals surface area contributed by atoms with Crippen molar-refractivity contribution < 1.29 is 9.21 Å². The molecule has 21 heavy (non-hydrogen) atoms. The molecule has 2 heterocycles. The van der Waals surface area contributed by atoms with E-state index in [1.54, 1.807) is 6.20 Å². The lowest BCUT2D eigenvalue weighted by Gasteiger charge is -2.07. The highest BCUT2D eigenvalue weighted by molar-refractivity contribution is 5.98. The number of benzene rings is 1. The first kappa shape index (κ1) is 13.4. The minimum Gasteiger partial charge on any atom is -0.450 e. The number of furan rings is 1. The lowest BCUT2D eigenvalue weighted by Crippen LogP contribution is -2.30. The third-order valence-corrected chi connectivity index (χ3v) is 3.48. The molecule has 0 atom stereocenters. The second-order valence-electron chi connectivity index (χ2n) is 4.70. The van der Waals surface area contributed by atoms with Gasteiger partial charge < -0.3 is 8.98 Å². The molecule has 6 heteroatoms. The number of hydrogen-bond acceptors (Lipinski definition) is 4. The summed E-state index contributed by atoms with van der Waals surface area (Å²) >= 11 is 0. The Morgan fingerprint density at radius 1 is 1.43 bits per heavy atom. The molecule has 108 valence electrons. The summed E-state index contributed by atoms with van der Waals surface area (Å²) in [6.07, 6.45) is 4.47. The fourth-order valence-corrected chi connectivity index (χ4v) is 2.47. The minimum atomic E-state index is -0.431. The summed E-state index contributed by atoms with van der Waals surface area (Å²) in [5.74, 6) is 6.02. The lowest BCUT2D eigenvalue weighted by molar-refractivity contribution is 0.0926. The summed E-state index contributed by atoms with van der Waals surface area (Å²) < 4.78 is 7.65. The Kier molecular flexibility index (Phi) is 3.45. The van der Waals surface area contributed by atoms with E-state index in [0.717, 1.165) is 23.2 Å². The van der Waals surface area contributed by atoms with Crippen molar-refractivity contribution in [3.8, 4) is 0 Å². The third-order valence-electron chi connectivity index (χ3n) is 3.48. The Hall–Kier alpha value is -2.60. The van der Waals surface area contributed by atoms with E-state index in [4.69, 9.17) is 10.3 Å². The highest BCUT2D eigenvalue weighted by Crippen LogP contribution is 2.27. The monoisotopic (exact) mass is 284 g/mol. The van der Waals surface area contributed by atoms with Gasteiger partial charge in [-0.15, -0.1) is 0 Å². The number of amides is 1. The van der Waals surface area contributed by atoms with Crippen molar-refractivity contribution in [1.82, 2.24) is 15.0 Å². The van der Waals surface area contributed by atoms with Crippen LogP contribution in [0.25, 0.3) is 11.0 Å². The Balaban J connectivity index is 2.13. The van der Waals surface area contributed by atoms with Crippen LogP contribution < -0.4 is 11.3 Å². The first-order chi connectivity index (χ1) is 10.2. The van der Waals surface area contributed by atoms with Crippen molar-refractivity contribution in [2.45, 2.75) is 19.9 Å². The zero-order valence-electron chi connectivity index (χ0n) is 11.7. The molecule has 3 aromatic rings. The molecule has 0 bridgehead atoms. The van der Waals surface area contributed by atoms with Crippen LogP contribution in [0.15, 0.2) is 41.1 Å². The highest BCUT2D eigenvalue weighted by atomic mass is 16.3. The largest absolute Gasteiger partial charge is 0.450 e. The number of aromatic nitrogens is 2. The van der Waals surface area contributed by atoms with Gasteiger partial charge in [-0.05, 0) is 6.07 Å². The number of para-hydroxylation sites is 1. The summed E-state index contributed by atoms with van der Waals surface area (Å²) in [4.78, 5) is 16.2. The van der Waals surface area contributed by atoms with Crippen molar-refractivity contribution in [3.63, 3.8) is 0 Å². The first-order valence-electron chi connectivity index (χ1n) is 6.76. The smallest absolute Gasteiger partial charge is 0.301 e. The molecule has 0 saturated carbocycles. The topological polar surface area (TPSA) is 86.1 Å². The van der Waals surface area contributed by atoms with Gasteiger partial charge in [-0.1, -0.05) is 25.1 Å². The van der Waals surface area contributed by atoms with Crippen LogP contribution in [0, 0.1) is 0 Å². The van der Waals surface area contributed by atoms with Gasteiger partial charge in [-0.3, -0.25) is 10.2 Å². The number of nitrogens with one attached hydrogen (secondary N) is 1. The number of hydrogen-bond donors (Lipinski definition) is 2. The van der Waals surface area contributed by atoms with E-state index in [9.17, 15) is 4.79 Å². The fraction of sp³-hybridized carbons (Fsp3) is 0.200. The fourth-order valence-electron chi connectivity index (χ4n) is 2.47. The van der Waals surface area contributed by atoms with Crippen LogP contribution in [0.3, 0.4) is 0 Å². The summed E-state index contributed by atoms with van der Waals surface area (Å²) in [5.41, 5.74) is 3.61. The standard InChI is InChI=1S/C15H16N4O2/c1-2-13-17-7-8-19(13)9-11-10-5-3-4-6-12(10)21-14(11)15(20)18-16/h3-8H,2,9,16H2,1H3,(H,18,20). The van der Waals surface area contributed by atoms with Crippen LogP contribution in [0.1, 0.15) is 28.9 Å². The maximum absolute atomic E-state index is 11.9. The van der Waals surface area contributed by atoms with Gasteiger partial charge >= 0.3 is 5.91 Å². The number of rotatable bonds is 4. The van der Waals surface area contributed by atoms with Crippen molar-refractivity contribution >= 4 is 16.9 Å². The summed E-state index contributed by atoms with van der Waals surface area (Å²) in [5, 5.41) is 0.909. The number of nitrogens with zero attached hydrogens (tertiary/aromatic N) is 2. The third kappa shape index (κ3) is 2.30. The molecule has 2 aromatic heterocycles. The molecular weight excluding hydrogens is 268 g/mol. The molecule has 6 nitrogen and oxygen atoms in total. The molecule has 0 aliphatic rings. The molecule has 1 amide bonds. The molecule has 0 saturated heterocycles. The van der Waals surface area contributed by atoms with Crippen LogP contribution in [0.4, 0.5) is 0 Å². The number of aryl methyl sites for hydroxylation is 1. The Morgan fingerprint density at radius 3 is 3.00 bits per heavy atom. The van der Waals surface area contributed by atoms with E-state index in [0.29, 0.717) is 12.1 Å². The van der Waals surface area contributed by atoms with Gasteiger partial charge in [0, 0.05) is 29.8 Å². The van der Waals surface area contributed by atoms with E-state index in [-0.39, 0.29) is 5.76 Å². The maximum atomic E-state index is 11.9. The lowest BCUT2D eigenvalue weighted by atomic mass is 10.1. The van der Waals surface area contributed by atoms with E-state index in [2.05, 4.69) is 10.4 Å². The number of nitrogen functional groups attached to an aromatic ring is 1. The predicted molar refractivity (Wildman–Crippen MR) is 78.6 cm³/mol. The Labute approximate surface area is 121 Å². The molecule has 0 aliphatic heterocycles. The number of carbonyl (C=O) groups is 1. The molecule has 0 fully saturated rings.